The summed E-state index contributed by atoms with van der Waals surface area (Å²) in [6.07, 6.45) is -0.597. The molecule has 1 N–H and O–H groups in total. The zero-order chi connectivity index (χ0) is 24.0. The summed E-state index contributed by atoms with van der Waals surface area (Å²) in [5.41, 5.74) is 0.137. The van der Waals surface area contributed by atoms with Crippen LogP contribution in [0.1, 0.15) is 35.6 Å². The largest absolute Gasteiger partial charge is 0.493 e. The van der Waals surface area contributed by atoms with Gasteiger partial charge in [0.1, 0.15) is 0 Å². The van der Waals surface area contributed by atoms with Crippen molar-refractivity contribution in [1.82, 2.24) is 10.2 Å². The fourth-order valence-corrected chi connectivity index (χ4v) is 3.63. The van der Waals surface area contributed by atoms with Crippen molar-refractivity contribution in [3.8, 4) is 11.5 Å². The highest BCUT2D eigenvalue weighted by atomic mass is 19.4. The van der Waals surface area contributed by atoms with E-state index in [4.69, 9.17) is 9.47 Å². The molecule has 1 fully saturated rings. The fourth-order valence-electron chi connectivity index (χ4n) is 3.63. The summed E-state index contributed by atoms with van der Waals surface area (Å²) in [5, 5.41) is 2.74. The lowest BCUT2D eigenvalue weighted by molar-refractivity contribution is -0.137. The van der Waals surface area contributed by atoms with Crippen molar-refractivity contribution in [2.24, 2.45) is 0 Å². The first-order chi connectivity index (χ1) is 15.7. The summed E-state index contributed by atoms with van der Waals surface area (Å²) in [6, 6.07) is 9.11. The molecule has 2 aromatic rings. The van der Waals surface area contributed by atoms with E-state index in [9.17, 15) is 22.8 Å². The van der Waals surface area contributed by atoms with E-state index in [1.54, 1.807) is 29.2 Å². The maximum Gasteiger partial charge on any atom is 0.416 e. The molecule has 1 aliphatic rings. The first-order valence-corrected chi connectivity index (χ1v) is 10.4. The van der Waals surface area contributed by atoms with E-state index in [2.05, 4.69) is 5.32 Å². The van der Waals surface area contributed by atoms with Crippen LogP contribution in [0, 0.1) is 0 Å². The first kappa shape index (κ1) is 24.2. The second-order valence-corrected chi connectivity index (χ2v) is 7.58. The minimum Gasteiger partial charge on any atom is -0.493 e. The van der Waals surface area contributed by atoms with Gasteiger partial charge in [0.05, 0.1) is 25.8 Å². The smallest absolute Gasteiger partial charge is 0.416 e. The number of hydrogen-bond acceptors (Lipinski definition) is 4. The van der Waals surface area contributed by atoms with E-state index in [1.165, 1.54) is 32.4 Å². The Labute approximate surface area is 190 Å². The SMILES string of the molecule is COc1ccc(/C=C/C(=O)NC(CN2CCCC2=O)c2cccc(C(F)(F)F)c2)cc1OC. The predicted octanol–water partition coefficient (Wildman–Crippen LogP) is 4.22. The van der Waals surface area contributed by atoms with E-state index in [-0.39, 0.29) is 18.0 Å². The monoisotopic (exact) mass is 462 g/mol. The molecule has 6 nitrogen and oxygen atoms in total. The van der Waals surface area contributed by atoms with Crippen LogP contribution in [-0.4, -0.2) is 44.0 Å². The van der Waals surface area contributed by atoms with Crippen molar-refractivity contribution < 1.29 is 32.2 Å². The number of carbonyl (C=O) groups excluding carboxylic acids is 2. The third-order valence-electron chi connectivity index (χ3n) is 5.34. The van der Waals surface area contributed by atoms with Crippen LogP contribution >= 0.6 is 0 Å². The molecular weight excluding hydrogens is 437 g/mol. The summed E-state index contributed by atoms with van der Waals surface area (Å²) in [7, 11) is 3.01. The summed E-state index contributed by atoms with van der Waals surface area (Å²) in [5.74, 6) is 0.453. The van der Waals surface area contributed by atoms with Crippen LogP contribution in [0.5, 0.6) is 11.5 Å². The first-order valence-electron chi connectivity index (χ1n) is 10.4. The highest BCUT2D eigenvalue weighted by molar-refractivity contribution is 5.92. The van der Waals surface area contributed by atoms with E-state index < -0.39 is 23.7 Å². The maximum absolute atomic E-state index is 13.2. The molecule has 3 rings (SSSR count). The van der Waals surface area contributed by atoms with E-state index in [0.717, 1.165) is 12.1 Å². The molecule has 9 heteroatoms. The summed E-state index contributed by atoms with van der Waals surface area (Å²) in [4.78, 5) is 26.3. The van der Waals surface area contributed by atoms with E-state index >= 15 is 0 Å². The molecule has 1 atom stereocenters. The Morgan fingerprint density at radius 3 is 2.55 bits per heavy atom. The number of nitrogens with one attached hydrogen (secondary N) is 1. The van der Waals surface area contributed by atoms with Crippen LogP contribution in [-0.2, 0) is 15.8 Å². The number of ether oxygens (including phenoxy) is 2. The lowest BCUT2D eigenvalue weighted by atomic mass is 10.0. The van der Waals surface area contributed by atoms with Crippen LogP contribution in [0.4, 0.5) is 13.2 Å². The Balaban J connectivity index is 1.80. The highest BCUT2D eigenvalue weighted by Gasteiger charge is 2.32. The maximum atomic E-state index is 13.2. The van der Waals surface area contributed by atoms with Gasteiger partial charge in [0, 0.05) is 25.6 Å². The predicted molar refractivity (Wildman–Crippen MR) is 117 cm³/mol. The Hall–Kier alpha value is -3.49. The number of likely N-dealkylation sites (tertiary alicyclic amines) is 1. The Morgan fingerprint density at radius 1 is 1.15 bits per heavy atom. The van der Waals surface area contributed by atoms with Gasteiger partial charge in [0.25, 0.3) is 0 Å². The number of amides is 2. The van der Waals surface area contributed by atoms with Crippen molar-refractivity contribution in [2.75, 3.05) is 27.3 Å². The molecule has 1 heterocycles. The number of hydrogen-bond donors (Lipinski definition) is 1. The molecule has 0 spiro atoms. The Bertz CT molecular complexity index is 1040. The lowest BCUT2D eigenvalue weighted by Crippen LogP contribution is -2.38. The van der Waals surface area contributed by atoms with Crippen molar-refractivity contribution in [1.29, 1.82) is 0 Å². The van der Waals surface area contributed by atoms with Gasteiger partial charge in [-0.1, -0.05) is 18.2 Å². The second-order valence-electron chi connectivity index (χ2n) is 7.58. The molecule has 0 bridgehead atoms. The zero-order valence-corrected chi connectivity index (χ0v) is 18.3. The van der Waals surface area contributed by atoms with Gasteiger partial charge in [0.2, 0.25) is 11.8 Å². The highest BCUT2D eigenvalue weighted by Crippen LogP contribution is 2.31. The van der Waals surface area contributed by atoms with Crippen molar-refractivity contribution in [2.45, 2.75) is 25.1 Å². The third-order valence-corrected chi connectivity index (χ3v) is 5.34. The minimum absolute atomic E-state index is 0.0814. The summed E-state index contributed by atoms with van der Waals surface area (Å²) < 4.78 is 50.0. The molecule has 176 valence electrons. The van der Waals surface area contributed by atoms with Gasteiger partial charge in [-0.25, -0.2) is 0 Å². The van der Waals surface area contributed by atoms with Gasteiger partial charge in [-0.2, -0.15) is 13.2 Å². The molecule has 0 radical (unpaired) electrons. The zero-order valence-electron chi connectivity index (χ0n) is 18.3. The number of nitrogens with zero attached hydrogens (tertiary/aromatic N) is 1. The van der Waals surface area contributed by atoms with Crippen molar-refractivity contribution in [3.05, 3.63) is 65.2 Å². The Morgan fingerprint density at radius 2 is 1.91 bits per heavy atom. The normalized spacial score (nSPS) is 15.1. The van der Waals surface area contributed by atoms with Gasteiger partial charge in [0.15, 0.2) is 11.5 Å². The topological polar surface area (TPSA) is 67.9 Å². The number of rotatable bonds is 8. The van der Waals surface area contributed by atoms with Gasteiger partial charge in [-0.3, -0.25) is 9.59 Å². The number of alkyl halides is 3. The molecule has 0 saturated carbocycles. The number of halogens is 3. The quantitative estimate of drug-likeness (QED) is 0.597. The molecule has 2 aromatic carbocycles. The second kappa shape index (κ2) is 10.4. The van der Waals surface area contributed by atoms with Crippen LogP contribution in [0.25, 0.3) is 6.08 Å². The van der Waals surface area contributed by atoms with Crippen LogP contribution in [0.15, 0.2) is 48.5 Å². The standard InChI is InChI=1S/C24H25F3N2O4/c1-32-20-10-8-16(13-21(20)33-2)9-11-22(30)28-19(15-29-12-4-7-23(29)31)17-5-3-6-18(14-17)24(25,26)27/h3,5-6,8-11,13-14,19H,4,7,12,15H2,1-2H3,(H,28,30)/b11-9+. The fraction of sp³-hybridized carbons (Fsp3) is 0.333. The summed E-state index contributed by atoms with van der Waals surface area (Å²) in [6.45, 7) is 0.599. The molecule has 1 aliphatic heterocycles. The van der Waals surface area contributed by atoms with E-state index in [1.807, 2.05) is 0 Å². The molecule has 33 heavy (non-hydrogen) atoms. The van der Waals surface area contributed by atoms with Crippen LogP contribution < -0.4 is 14.8 Å². The van der Waals surface area contributed by atoms with Crippen LogP contribution in [0.3, 0.4) is 0 Å². The van der Waals surface area contributed by atoms with Gasteiger partial charge < -0.3 is 19.7 Å². The molecule has 0 aromatic heterocycles. The minimum atomic E-state index is -4.51. The number of carbonyl (C=O) groups is 2. The number of methoxy groups -OCH3 is 2. The summed E-state index contributed by atoms with van der Waals surface area (Å²) >= 11 is 0. The lowest BCUT2D eigenvalue weighted by Gasteiger charge is -2.25. The van der Waals surface area contributed by atoms with Gasteiger partial charge >= 0.3 is 6.18 Å². The third kappa shape index (κ3) is 6.27. The molecule has 1 saturated heterocycles. The molecular formula is C24H25F3N2O4. The Kier molecular flexibility index (Phi) is 7.63. The van der Waals surface area contributed by atoms with Crippen molar-refractivity contribution in [3.63, 3.8) is 0 Å². The molecule has 2 amide bonds. The van der Waals surface area contributed by atoms with Crippen molar-refractivity contribution >= 4 is 17.9 Å². The van der Waals surface area contributed by atoms with Gasteiger partial charge in [-0.15, -0.1) is 0 Å². The molecule has 0 aliphatic carbocycles. The average Bonchev–Trinajstić information content (AvgIpc) is 3.20. The van der Waals surface area contributed by atoms with Gasteiger partial charge in [-0.05, 0) is 47.9 Å². The van der Waals surface area contributed by atoms with E-state index in [0.29, 0.717) is 36.4 Å². The van der Waals surface area contributed by atoms with Crippen LogP contribution in [0.2, 0.25) is 0 Å². The molecule has 1 unspecified atom stereocenters. The number of benzene rings is 2. The average molecular weight is 462 g/mol.